The van der Waals surface area contributed by atoms with Crippen molar-refractivity contribution in [2.45, 2.75) is 18.2 Å². The standard InChI is InChI=1S/C10H13NO4S/c1-8-2-4-9(5-3-8)16(12,13)11-10-14-6-7-15-10/h2-5,10-11H,6-7H2,1H3. The van der Waals surface area contributed by atoms with Gasteiger partial charge in [-0.15, -0.1) is 0 Å². The van der Waals surface area contributed by atoms with Crippen LogP contribution < -0.4 is 4.72 Å². The zero-order valence-electron chi connectivity index (χ0n) is 8.84. The van der Waals surface area contributed by atoms with Crippen LogP contribution in [-0.4, -0.2) is 28.0 Å². The van der Waals surface area contributed by atoms with Crippen LogP contribution in [0.15, 0.2) is 29.2 Å². The van der Waals surface area contributed by atoms with Gasteiger partial charge in [0.15, 0.2) is 0 Å². The fraction of sp³-hybridized carbons (Fsp3) is 0.400. The van der Waals surface area contributed by atoms with E-state index >= 15 is 0 Å². The molecule has 1 saturated heterocycles. The molecule has 1 fully saturated rings. The average Bonchev–Trinajstić information content (AvgIpc) is 2.70. The van der Waals surface area contributed by atoms with Crippen LogP contribution in [0.5, 0.6) is 0 Å². The molecule has 1 N–H and O–H groups in total. The van der Waals surface area contributed by atoms with E-state index in [4.69, 9.17) is 9.47 Å². The Balaban J connectivity index is 2.14. The van der Waals surface area contributed by atoms with Gasteiger partial charge in [-0.1, -0.05) is 17.7 Å². The Morgan fingerprint density at radius 1 is 1.19 bits per heavy atom. The molecule has 1 aromatic carbocycles. The van der Waals surface area contributed by atoms with Crippen molar-refractivity contribution in [1.29, 1.82) is 0 Å². The van der Waals surface area contributed by atoms with Gasteiger partial charge in [-0.3, -0.25) is 0 Å². The van der Waals surface area contributed by atoms with Crippen LogP contribution in [0.3, 0.4) is 0 Å². The summed E-state index contributed by atoms with van der Waals surface area (Å²) in [5, 5.41) is 0. The molecule has 1 aliphatic rings. The largest absolute Gasteiger partial charge is 0.337 e. The van der Waals surface area contributed by atoms with E-state index in [-0.39, 0.29) is 4.90 Å². The number of aryl methyl sites for hydroxylation is 1. The maximum absolute atomic E-state index is 11.8. The highest BCUT2D eigenvalue weighted by molar-refractivity contribution is 7.89. The average molecular weight is 243 g/mol. The molecule has 1 aliphatic heterocycles. The van der Waals surface area contributed by atoms with E-state index in [0.29, 0.717) is 13.2 Å². The lowest BCUT2D eigenvalue weighted by atomic mass is 10.2. The van der Waals surface area contributed by atoms with E-state index in [1.807, 2.05) is 6.92 Å². The highest BCUT2D eigenvalue weighted by Gasteiger charge is 2.23. The normalized spacial score (nSPS) is 17.8. The summed E-state index contributed by atoms with van der Waals surface area (Å²) in [5.74, 6) is 0. The summed E-state index contributed by atoms with van der Waals surface area (Å²) >= 11 is 0. The molecule has 0 radical (unpaired) electrons. The molecule has 0 aromatic heterocycles. The van der Waals surface area contributed by atoms with Crippen LogP contribution >= 0.6 is 0 Å². The van der Waals surface area contributed by atoms with Crippen molar-refractivity contribution < 1.29 is 17.9 Å². The SMILES string of the molecule is Cc1ccc(S(=O)(=O)NC2OCCO2)cc1. The summed E-state index contributed by atoms with van der Waals surface area (Å²) in [4.78, 5) is 0.206. The minimum atomic E-state index is -3.56. The van der Waals surface area contributed by atoms with Gasteiger partial charge in [0, 0.05) is 0 Å². The van der Waals surface area contributed by atoms with Gasteiger partial charge in [0.2, 0.25) is 16.4 Å². The van der Waals surface area contributed by atoms with Gasteiger partial charge in [-0.05, 0) is 19.1 Å². The molecule has 16 heavy (non-hydrogen) atoms. The number of rotatable bonds is 3. The van der Waals surface area contributed by atoms with Crippen molar-refractivity contribution in [2.75, 3.05) is 13.2 Å². The predicted molar refractivity (Wildman–Crippen MR) is 57.2 cm³/mol. The molecule has 2 rings (SSSR count). The predicted octanol–water partition coefficient (Wildman–Crippen LogP) is 0.604. The Morgan fingerprint density at radius 2 is 1.75 bits per heavy atom. The second kappa shape index (κ2) is 4.50. The van der Waals surface area contributed by atoms with Crippen LogP contribution in [0.4, 0.5) is 0 Å². The molecular weight excluding hydrogens is 230 g/mol. The van der Waals surface area contributed by atoms with Crippen molar-refractivity contribution >= 4 is 10.0 Å². The van der Waals surface area contributed by atoms with Crippen molar-refractivity contribution in [3.05, 3.63) is 29.8 Å². The first-order valence-electron chi connectivity index (χ1n) is 4.90. The fourth-order valence-corrected chi connectivity index (χ4v) is 2.36. The van der Waals surface area contributed by atoms with Gasteiger partial charge < -0.3 is 9.47 Å². The van der Waals surface area contributed by atoms with Gasteiger partial charge in [0.25, 0.3) is 0 Å². The second-order valence-electron chi connectivity index (χ2n) is 3.51. The molecule has 0 unspecified atom stereocenters. The molecule has 6 heteroatoms. The monoisotopic (exact) mass is 243 g/mol. The van der Waals surface area contributed by atoms with Crippen molar-refractivity contribution in [3.63, 3.8) is 0 Å². The van der Waals surface area contributed by atoms with Crippen LogP contribution in [0.25, 0.3) is 0 Å². The van der Waals surface area contributed by atoms with Crippen molar-refractivity contribution in [2.24, 2.45) is 0 Å². The molecule has 0 bridgehead atoms. The number of nitrogens with one attached hydrogen (secondary N) is 1. The van der Waals surface area contributed by atoms with Gasteiger partial charge in [0.1, 0.15) is 0 Å². The first kappa shape index (κ1) is 11.5. The van der Waals surface area contributed by atoms with Gasteiger partial charge in [-0.2, -0.15) is 4.72 Å². The van der Waals surface area contributed by atoms with E-state index in [1.165, 1.54) is 0 Å². The zero-order valence-corrected chi connectivity index (χ0v) is 9.66. The maximum atomic E-state index is 11.8. The molecule has 0 saturated carbocycles. The number of sulfonamides is 1. The minimum absolute atomic E-state index is 0.206. The molecule has 0 atom stereocenters. The lowest BCUT2D eigenvalue weighted by Gasteiger charge is -2.11. The summed E-state index contributed by atoms with van der Waals surface area (Å²) in [6, 6.07) is 6.58. The quantitative estimate of drug-likeness (QED) is 0.844. The van der Waals surface area contributed by atoms with Gasteiger partial charge in [0.05, 0.1) is 18.1 Å². The topological polar surface area (TPSA) is 64.6 Å². The maximum Gasteiger partial charge on any atom is 0.244 e. The van der Waals surface area contributed by atoms with Crippen LogP contribution in [0.2, 0.25) is 0 Å². The van der Waals surface area contributed by atoms with Gasteiger partial charge >= 0.3 is 0 Å². The molecule has 1 heterocycles. The van der Waals surface area contributed by atoms with E-state index in [9.17, 15) is 8.42 Å². The highest BCUT2D eigenvalue weighted by Crippen LogP contribution is 2.12. The van der Waals surface area contributed by atoms with Crippen LogP contribution in [0.1, 0.15) is 5.56 Å². The Bertz CT molecular complexity index is 448. The lowest BCUT2D eigenvalue weighted by molar-refractivity contribution is -0.0490. The third-order valence-electron chi connectivity index (χ3n) is 2.20. The number of hydrogen-bond donors (Lipinski definition) is 1. The lowest BCUT2D eigenvalue weighted by Crippen LogP contribution is -2.35. The van der Waals surface area contributed by atoms with E-state index in [1.54, 1.807) is 24.3 Å². The third-order valence-corrected chi connectivity index (χ3v) is 3.60. The Labute approximate surface area is 94.4 Å². The van der Waals surface area contributed by atoms with Crippen molar-refractivity contribution in [1.82, 2.24) is 4.72 Å². The van der Waals surface area contributed by atoms with E-state index in [0.717, 1.165) is 5.56 Å². The molecule has 5 nitrogen and oxygen atoms in total. The highest BCUT2D eigenvalue weighted by atomic mass is 32.2. The molecule has 0 spiro atoms. The summed E-state index contributed by atoms with van der Waals surface area (Å²) in [5.41, 5.74) is 1.01. The minimum Gasteiger partial charge on any atom is -0.337 e. The molecule has 88 valence electrons. The Kier molecular flexibility index (Phi) is 3.25. The molecule has 0 aliphatic carbocycles. The summed E-state index contributed by atoms with van der Waals surface area (Å²) in [7, 11) is -3.56. The van der Waals surface area contributed by atoms with Crippen LogP contribution in [-0.2, 0) is 19.5 Å². The van der Waals surface area contributed by atoms with E-state index < -0.39 is 16.4 Å². The second-order valence-corrected chi connectivity index (χ2v) is 5.22. The van der Waals surface area contributed by atoms with Crippen LogP contribution in [0, 0.1) is 6.92 Å². The molecule has 0 amide bonds. The zero-order chi connectivity index (χ0) is 11.6. The fourth-order valence-electron chi connectivity index (χ4n) is 1.34. The number of hydrogen-bond acceptors (Lipinski definition) is 4. The molecule has 1 aromatic rings. The smallest absolute Gasteiger partial charge is 0.244 e. The Morgan fingerprint density at radius 3 is 2.31 bits per heavy atom. The summed E-state index contributed by atoms with van der Waals surface area (Å²) in [6.45, 7) is 2.70. The Hall–Kier alpha value is -0.950. The summed E-state index contributed by atoms with van der Waals surface area (Å²) < 4.78 is 36.0. The number of ether oxygens (including phenoxy) is 2. The van der Waals surface area contributed by atoms with Crippen molar-refractivity contribution in [3.8, 4) is 0 Å². The van der Waals surface area contributed by atoms with Gasteiger partial charge in [-0.25, -0.2) is 8.42 Å². The molecular formula is C10H13NO4S. The first-order valence-corrected chi connectivity index (χ1v) is 6.38. The number of benzene rings is 1. The third kappa shape index (κ3) is 2.59. The summed E-state index contributed by atoms with van der Waals surface area (Å²) in [6.07, 6.45) is -0.869. The first-order chi connectivity index (χ1) is 7.58. The van der Waals surface area contributed by atoms with E-state index in [2.05, 4.69) is 4.72 Å².